The van der Waals surface area contributed by atoms with Crippen molar-refractivity contribution in [3.05, 3.63) is 23.7 Å². The van der Waals surface area contributed by atoms with Gasteiger partial charge in [-0.15, -0.1) is 0 Å². The number of likely N-dealkylation sites (N-methyl/N-ethyl adjacent to an activating group) is 1. The van der Waals surface area contributed by atoms with E-state index < -0.39 is 0 Å². The van der Waals surface area contributed by atoms with E-state index in [1.54, 1.807) is 0 Å². The van der Waals surface area contributed by atoms with Crippen molar-refractivity contribution >= 4 is 5.78 Å². The van der Waals surface area contributed by atoms with E-state index in [-0.39, 0.29) is 0 Å². The van der Waals surface area contributed by atoms with Crippen LogP contribution < -0.4 is 0 Å². The summed E-state index contributed by atoms with van der Waals surface area (Å²) in [6, 6.07) is 3.92. The lowest BCUT2D eigenvalue weighted by Gasteiger charge is -2.13. The summed E-state index contributed by atoms with van der Waals surface area (Å²) in [6.07, 6.45) is 2.18. The highest BCUT2D eigenvalue weighted by atomic mass is 16.3. The molecule has 1 aromatic rings. The minimum absolute atomic E-state index is 0.353. The molecule has 0 amide bonds. The molecule has 0 radical (unpaired) electrons. The topological polar surface area (TPSA) is 33.5 Å². The van der Waals surface area contributed by atoms with Gasteiger partial charge in [0, 0.05) is 5.92 Å². The molecule has 0 unspecified atom stereocenters. The summed E-state index contributed by atoms with van der Waals surface area (Å²) in [4.78, 5) is 13.6. The lowest BCUT2D eigenvalue weighted by atomic mass is 10.2. The Kier molecular flexibility index (Phi) is 2.91. The highest BCUT2D eigenvalue weighted by Gasteiger charge is 2.29. The summed E-state index contributed by atoms with van der Waals surface area (Å²) in [7, 11) is 1.96. The SMILES string of the molecule is Cc1ccc(CN(C)CC(=O)C2CC2)o1. The van der Waals surface area contributed by atoms with Crippen LogP contribution in [0.25, 0.3) is 0 Å². The van der Waals surface area contributed by atoms with Crippen molar-refractivity contribution in [2.75, 3.05) is 13.6 Å². The monoisotopic (exact) mass is 207 g/mol. The molecule has 2 rings (SSSR count). The molecule has 0 aromatic carbocycles. The molecule has 1 saturated carbocycles. The van der Waals surface area contributed by atoms with Gasteiger partial charge in [-0.1, -0.05) is 0 Å². The van der Waals surface area contributed by atoms with Crippen LogP contribution in [0, 0.1) is 12.8 Å². The van der Waals surface area contributed by atoms with Crippen molar-refractivity contribution < 1.29 is 9.21 Å². The van der Waals surface area contributed by atoms with Gasteiger partial charge in [0.2, 0.25) is 0 Å². The van der Waals surface area contributed by atoms with Crippen LogP contribution >= 0.6 is 0 Å². The first kappa shape index (κ1) is 10.4. The minimum atomic E-state index is 0.353. The van der Waals surface area contributed by atoms with Gasteiger partial charge < -0.3 is 4.42 Å². The standard InChI is InChI=1S/C12H17NO2/c1-9-3-6-11(15-9)7-13(2)8-12(14)10-4-5-10/h3,6,10H,4-5,7-8H2,1-2H3. The van der Waals surface area contributed by atoms with E-state index in [2.05, 4.69) is 0 Å². The Balaban J connectivity index is 1.81. The first-order valence-corrected chi connectivity index (χ1v) is 5.42. The number of ketones is 1. The summed E-state index contributed by atoms with van der Waals surface area (Å²) in [5.41, 5.74) is 0. The Morgan fingerprint density at radius 2 is 2.27 bits per heavy atom. The fourth-order valence-corrected chi connectivity index (χ4v) is 1.69. The van der Waals surface area contributed by atoms with E-state index in [9.17, 15) is 4.79 Å². The lowest BCUT2D eigenvalue weighted by molar-refractivity contribution is -0.121. The molecule has 1 aromatic heterocycles. The lowest BCUT2D eigenvalue weighted by Crippen LogP contribution is -2.26. The van der Waals surface area contributed by atoms with Crippen molar-refractivity contribution in [1.29, 1.82) is 0 Å². The number of hydrogen-bond acceptors (Lipinski definition) is 3. The quantitative estimate of drug-likeness (QED) is 0.740. The number of carbonyl (C=O) groups is 1. The zero-order chi connectivity index (χ0) is 10.8. The summed E-state index contributed by atoms with van der Waals surface area (Å²) in [5.74, 6) is 2.58. The molecule has 0 bridgehead atoms. The van der Waals surface area contributed by atoms with Crippen molar-refractivity contribution in [3.8, 4) is 0 Å². The molecule has 1 fully saturated rings. The number of Topliss-reactive ketones (excluding diaryl/α,β-unsaturated/α-hetero) is 1. The van der Waals surface area contributed by atoms with Gasteiger partial charge in [0.1, 0.15) is 17.3 Å². The second kappa shape index (κ2) is 4.19. The largest absolute Gasteiger partial charge is 0.465 e. The molecule has 82 valence electrons. The number of carbonyl (C=O) groups excluding carboxylic acids is 1. The highest BCUT2D eigenvalue weighted by Crippen LogP contribution is 2.29. The fraction of sp³-hybridized carbons (Fsp3) is 0.583. The van der Waals surface area contributed by atoms with Crippen LogP contribution in [-0.4, -0.2) is 24.3 Å². The van der Waals surface area contributed by atoms with Gasteiger partial charge in [0.15, 0.2) is 0 Å². The Hall–Kier alpha value is -1.09. The molecule has 3 heteroatoms. The van der Waals surface area contributed by atoms with Crippen LogP contribution in [0.1, 0.15) is 24.4 Å². The summed E-state index contributed by atoms with van der Waals surface area (Å²) < 4.78 is 5.46. The summed E-state index contributed by atoms with van der Waals surface area (Å²) in [5, 5.41) is 0. The van der Waals surface area contributed by atoms with Gasteiger partial charge in [0.25, 0.3) is 0 Å². The molecule has 0 atom stereocenters. The van der Waals surface area contributed by atoms with E-state index in [1.807, 2.05) is 31.0 Å². The Morgan fingerprint density at radius 1 is 1.53 bits per heavy atom. The van der Waals surface area contributed by atoms with Crippen molar-refractivity contribution in [1.82, 2.24) is 4.90 Å². The van der Waals surface area contributed by atoms with Gasteiger partial charge in [-0.05, 0) is 38.9 Å². The molecule has 15 heavy (non-hydrogen) atoms. The van der Waals surface area contributed by atoms with Gasteiger partial charge in [0.05, 0.1) is 13.1 Å². The second-order valence-corrected chi connectivity index (χ2v) is 4.43. The fourth-order valence-electron chi connectivity index (χ4n) is 1.69. The predicted molar refractivity (Wildman–Crippen MR) is 57.5 cm³/mol. The van der Waals surface area contributed by atoms with Crippen LogP contribution in [0.15, 0.2) is 16.5 Å². The normalized spacial score (nSPS) is 15.9. The van der Waals surface area contributed by atoms with Gasteiger partial charge in [-0.25, -0.2) is 0 Å². The summed E-state index contributed by atoms with van der Waals surface area (Å²) >= 11 is 0. The predicted octanol–water partition coefficient (Wildman–Crippen LogP) is 2.00. The zero-order valence-electron chi connectivity index (χ0n) is 9.32. The van der Waals surface area contributed by atoms with Crippen LogP contribution in [-0.2, 0) is 11.3 Å². The molecule has 1 aliphatic rings. The van der Waals surface area contributed by atoms with Gasteiger partial charge >= 0.3 is 0 Å². The first-order chi connectivity index (χ1) is 7.15. The third-order valence-electron chi connectivity index (χ3n) is 2.68. The Bertz CT molecular complexity index is 352. The number of rotatable bonds is 5. The van der Waals surface area contributed by atoms with E-state index in [0.29, 0.717) is 24.8 Å². The van der Waals surface area contributed by atoms with E-state index in [4.69, 9.17) is 4.42 Å². The Labute approximate surface area is 90.1 Å². The van der Waals surface area contributed by atoms with Crippen LogP contribution in [0.5, 0.6) is 0 Å². The van der Waals surface area contributed by atoms with Crippen molar-refractivity contribution in [2.24, 2.45) is 5.92 Å². The molecule has 0 spiro atoms. The molecule has 3 nitrogen and oxygen atoms in total. The van der Waals surface area contributed by atoms with Gasteiger partial charge in [-0.3, -0.25) is 9.69 Å². The van der Waals surface area contributed by atoms with E-state index in [0.717, 1.165) is 24.4 Å². The first-order valence-electron chi connectivity index (χ1n) is 5.42. The average Bonchev–Trinajstić information content (AvgIpc) is 2.92. The minimum Gasteiger partial charge on any atom is -0.465 e. The van der Waals surface area contributed by atoms with Crippen LogP contribution in [0.3, 0.4) is 0 Å². The third-order valence-corrected chi connectivity index (χ3v) is 2.68. The molecule has 0 aliphatic heterocycles. The van der Waals surface area contributed by atoms with Crippen molar-refractivity contribution in [3.63, 3.8) is 0 Å². The number of aryl methyl sites for hydroxylation is 1. The molecule has 0 N–H and O–H groups in total. The second-order valence-electron chi connectivity index (χ2n) is 4.43. The maximum atomic E-state index is 11.5. The maximum Gasteiger partial charge on any atom is 0.149 e. The summed E-state index contributed by atoms with van der Waals surface area (Å²) in [6.45, 7) is 3.19. The number of nitrogens with zero attached hydrogens (tertiary/aromatic N) is 1. The molecular formula is C12H17NO2. The molecular weight excluding hydrogens is 190 g/mol. The van der Waals surface area contributed by atoms with E-state index in [1.165, 1.54) is 0 Å². The smallest absolute Gasteiger partial charge is 0.149 e. The average molecular weight is 207 g/mol. The van der Waals surface area contributed by atoms with Crippen LogP contribution in [0.4, 0.5) is 0 Å². The molecule has 0 saturated heterocycles. The van der Waals surface area contributed by atoms with Crippen LogP contribution in [0.2, 0.25) is 0 Å². The van der Waals surface area contributed by atoms with Gasteiger partial charge in [-0.2, -0.15) is 0 Å². The maximum absolute atomic E-state index is 11.5. The highest BCUT2D eigenvalue weighted by molar-refractivity contribution is 5.84. The molecule has 1 heterocycles. The Morgan fingerprint density at radius 3 is 2.80 bits per heavy atom. The van der Waals surface area contributed by atoms with E-state index >= 15 is 0 Å². The van der Waals surface area contributed by atoms with Crippen molar-refractivity contribution in [2.45, 2.75) is 26.3 Å². The molecule has 1 aliphatic carbocycles. The number of hydrogen-bond donors (Lipinski definition) is 0. The zero-order valence-corrected chi connectivity index (χ0v) is 9.32. The number of furan rings is 1. The third kappa shape index (κ3) is 2.93.